The van der Waals surface area contributed by atoms with Crippen molar-refractivity contribution in [1.29, 1.82) is 0 Å². The Kier molecular flexibility index (Phi) is 6.15. The zero-order chi connectivity index (χ0) is 20.0. The fourth-order valence-corrected chi connectivity index (χ4v) is 3.82. The van der Waals surface area contributed by atoms with Crippen LogP contribution in [0.2, 0.25) is 0 Å². The minimum absolute atomic E-state index is 0.0376. The van der Waals surface area contributed by atoms with E-state index in [4.69, 9.17) is 14.2 Å². The van der Waals surface area contributed by atoms with Gasteiger partial charge in [-0.2, -0.15) is 0 Å². The summed E-state index contributed by atoms with van der Waals surface area (Å²) in [5.41, 5.74) is 0.503. The highest BCUT2D eigenvalue weighted by atomic mass is 32.2. The molecule has 1 heterocycles. The Morgan fingerprint density at radius 2 is 1.75 bits per heavy atom. The standard InChI is InChI=1S/C19H20N2O6S/c1-25-14-6-8-15(9-7-14)26-12-13-27-18(22)10-11-20-19-16-4-2-3-5-17(16)28(23,24)21-19/h2-9H,10-13H2,1H3,(H,20,21). The minimum Gasteiger partial charge on any atom is -0.497 e. The molecular weight excluding hydrogens is 384 g/mol. The highest BCUT2D eigenvalue weighted by molar-refractivity contribution is 7.90. The number of aliphatic imine (C=N–C) groups is 1. The van der Waals surface area contributed by atoms with E-state index in [9.17, 15) is 13.2 Å². The van der Waals surface area contributed by atoms with Crippen LogP contribution in [-0.2, 0) is 19.6 Å². The number of carbonyl (C=O) groups excluding carboxylic acids is 1. The van der Waals surface area contributed by atoms with Crippen LogP contribution in [0, 0.1) is 0 Å². The molecule has 0 amide bonds. The molecule has 0 saturated carbocycles. The monoisotopic (exact) mass is 404 g/mol. The number of rotatable bonds is 8. The van der Waals surface area contributed by atoms with Crippen LogP contribution in [0.25, 0.3) is 0 Å². The number of fused-ring (bicyclic) bond motifs is 1. The molecular formula is C19H20N2O6S. The molecule has 0 atom stereocenters. The summed E-state index contributed by atoms with van der Waals surface area (Å²) in [6, 6.07) is 13.6. The van der Waals surface area contributed by atoms with Crippen LogP contribution in [0.3, 0.4) is 0 Å². The molecule has 0 bridgehead atoms. The molecule has 1 aliphatic heterocycles. The van der Waals surface area contributed by atoms with E-state index in [1.54, 1.807) is 49.6 Å². The Balaban J connectivity index is 1.41. The third-order valence-corrected chi connectivity index (χ3v) is 5.32. The van der Waals surface area contributed by atoms with Crippen molar-refractivity contribution in [3.8, 4) is 11.5 Å². The smallest absolute Gasteiger partial charge is 0.307 e. The van der Waals surface area contributed by atoms with Crippen molar-refractivity contribution in [1.82, 2.24) is 4.72 Å². The SMILES string of the molecule is COc1ccc(OCCOC(=O)CCN=C2NS(=O)(=O)c3ccccc32)cc1. The van der Waals surface area contributed by atoms with Crippen molar-refractivity contribution < 1.29 is 27.4 Å². The lowest BCUT2D eigenvalue weighted by atomic mass is 10.2. The first kappa shape index (κ1) is 19.7. The molecule has 2 aromatic carbocycles. The Morgan fingerprint density at radius 1 is 1.04 bits per heavy atom. The maximum atomic E-state index is 12.0. The molecule has 3 rings (SSSR count). The third-order valence-electron chi connectivity index (χ3n) is 3.92. The predicted octanol–water partition coefficient (Wildman–Crippen LogP) is 1.75. The number of carbonyl (C=O) groups is 1. The molecule has 0 radical (unpaired) electrons. The summed E-state index contributed by atoms with van der Waals surface area (Å²) >= 11 is 0. The van der Waals surface area contributed by atoms with Crippen molar-refractivity contribution in [2.45, 2.75) is 11.3 Å². The summed E-state index contributed by atoms with van der Waals surface area (Å²) in [6.07, 6.45) is 0.0376. The Morgan fingerprint density at radius 3 is 2.50 bits per heavy atom. The summed E-state index contributed by atoms with van der Waals surface area (Å²) < 4.78 is 42.0. The average Bonchev–Trinajstić information content (AvgIpc) is 2.96. The Labute approximate surface area is 163 Å². The highest BCUT2D eigenvalue weighted by Gasteiger charge is 2.29. The fraction of sp³-hybridized carbons (Fsp3) is 0.263. The lowest BCUT2D eigenvalue weighted by Gasteiger charge is -2.07. The zero-order valence-corrected chi connectivity index (χ0v) is 16.1. The number of hydrogen-bond acceptors (Lipinski definition) is 7. The molecule has 9 heteroatoms. The van der Waals surface area contributed by atoms with E-state index in [1.165, 1.54) is 6.07 Å². The average molecular weight is 404 g/mol. The lowest BCUT2D eigenvalue weighted by Crippen LogP contribution is -2.22. The first-order chi connectivity index (χ1) is 13.5. The summed E-state index contributed by atoms with van der Waals surface area (Å²) in [5, 5.41) is 0. The third kappa shape index (κ3) is 4.80. The molecule has 0 unspecified atom stereocenters. The molecule has 1 N–H and O–H groups in total. The maximum Gasteiger partial charge on any atom is 0.307 e. The number of hydrogen-bond donors (Lipinski definition) is 1. The first-order valence-corrected chi connectivity index (χ1v) is 10.1. The topological polar surface area (TPSA) is 103 Å². The lowest BCUT2D eigenvalue weighted by molar-refractivity contribution is -0.144. The van der Waals surface area contributed by atoms with Gasteiger partial charge in [0.25, 0.3) is 10.0 Å². The molecule has 0 aliphatic carbocycles. The zero-order valence-electron chi connectivity index (χ0n) is 15.3. The van der Waals surface area contributed by atoms with Crippen LogP contribution in [0.5, 0.6) is 11.5 Å². The maximum absolute atomic E-state index is 12.0. The highest BCUT2D eigenvalue weighted by Crippen LogP contribution is 2.22. The van der Waals surface area contributed by atoms with Gasteiger partial charge in [0.1, 0.15) is 30.5 Å². The number of ether oxygens (including phenoxy) is 3. The normalized spacial score (nSPS) is 15.5. The van der Waals surface area contributed by atoms with Gasteiger partial charge in [0.05, 0.1) is 25.0 Å². The number of sulfonamides is 1. The van der Waals surface area contributed by atoms with E-state index in [0.717, 1.165) is 5.75 Å². The fourth-order valence-electron chi connectivity index (χ4n) is 2.57. The number of nitrogens with one attached hydrogen (secondary N) is 1. The van der Waals surface area contributed by atoms with Gasteiger partial charge in [-0.3, -0.25) is 14.5 Å². The van der Waals surface area contributed by atoms with Gasteiger partial charge in [-0.25, -0.2) is 8.42 Å². The summed E-state index contributed by atoms with van der Waals surface area (Å²) in [6.45, 7) is 0.445. The van der Waals surface area contributed by atoms with E-state index < -0.39 is 16.0 Å². The van der Waals surface area contributed by atoms with Gasteiger partial charge in [-0.15, -0.1) is 0 Å². The Bertz CT molecular complexity index is 970. The second-order valence-corrected chi connectivity index (χ2v) is 7.48. The van der Waals surface area contributed by atoms with Crippen LogP contribution >= 0.6 is 0 Å². The van der Waals surface area contributed by atoms with Gasteiger partial charge in [0.15, 0.2) is 0 Å². The minimum atomic E-state index is -3.58. The number of methoxy groups -OCH3 is 1. The van der Waals surface area contributed by atoms with E-state index in [0.29, 0.717) is 11.3 Å². The van der Waals surface area contributed by atoms with Crippen LogP contribution in [-0.4, -0.2) is 47.1 Å². The largest absolute Gasteiger partial charge is 0.497 e. The van der Waals surface area contributed by atoms with E-state index in [-0.39, 0.29) is 36.9 Å². The van der Waals surface area contributed by atoms with E-state index in [2.05, 4.69) is 9.71 Å². The van der Waals surface area contributed by atoms with Gasteiger partial charge >= 0.3 is 5.97 Å². The van der Waals surface area contributed by atoms with Crippen LogP contribution in [0.1, 0.15) is 12.0 Å². The molecule has 2 aromatic rings. The number of nitrogens with zero attached hydrogens (tertiary/aromatic N) is 1. The summed E-state index contributed by atoms with van der Waals surface area (Å²) in [7, 11) is -1.99. The van der Waals surface area contributed by atoms with Crippen LogP contribution in [0.4, 0.5) is 0 Å². The van der Waals surface area contributed by atoms with Gasteiger partial charge in [-0.05, 0) is 36.4 Å². The second-order valence-electron chi connectivity index (χ2n) is 5.83. The number of esters is 1. The Hall–Kier alpha value is -3.07. The second kappa shape index (κ2) is 8.75. The molecule has 148 valence electrons. The molecule has 1 aliphatic rings. The van der Waals surface area contributed by atoms with Crippen molar-refractivity contribution in [3.63, 3.8) is 0 Å². The van der Waals surface area contributed by atoms with Crippen molar-refractivity contribution >= 4 is 21.8 Å². The molecule has 8 nitrogen and oxygen atoms in total. The molecule has 0 fully saturated rings. The number of amidine groups is 1. The summed E-state index contributed by atoms with van der Waals surface area (Å²) in [4.78, 5) is 16.1. The van der Waals surface area contributed by atoms with Crippen molar-refractivity contribution in [2.24, 2.45) is 4.99 Å². The number of benzene rings is 2. The first-order valence-electron chi connectivity index (χ1n) is 8.59. The molecule has 28 heavy (non-hydrogen) atoms. The van der Waals surface area contributed by atoms with Crippen molar-refractivity contribution in [2.75, 3.05) is 26.9 Å². The molecule has 0 spiro atoms. The van der Waals surface area contributed by atoms with Gasteiger partial charge in [-0.1, -0.05) is 12.1 Å². The van der Waals surface area contributed by atoms with Crippen LogP contribution < -0.4 is 14.2 Å². The van der Waals surface area contributed by atoms with Gasteiger partial charge < -0.3 is 14.2 Å². The van der Waals surface area contributed by atoms with E-state index >= 15 is 0 Å². The van der Waals surface area contributed by atoms with Gasteiger partial charge in [0.2, 0.25) is 0 Å². The molecule has 0 saturated heterocycles. The van der Waals surface area contributed by atoms with Gasteiger partial charge in [0, 0.05) is 5.56 Å². The van der Waals surface area contributed by atoms with Crippen LogP contribution in [0.15, 0.2) is 58.4 Å². The van der Waals surface area contributed by atoms with Crippen molar-refractivity contribution in [3.05, 3.63) is 54.1 Å². The quantitative estimate of drug-likeness (QED) is 0.531. The summed E-state index contributed by atoms with van der Waals surface area (Å²) in [5.74, 6) is 1.19. The predicted molar refractivity (Wildman–Crippen MR) is 102 cm³/mol. The van der Waals surface area contributed by atoms with E-state index in [1.807, 2.05) is 0 Å². The molecule has 0 aromatic heterocycles.